The fourth-order valence-electron chi connectivity index (χ4n) is 1.33. The molecule has 0 saturated heterocycles. The van der Waals surface area contributed by atoms with Gasteiger partial charge >= 0.3 is 11.9 Å². The number of rotatable bonds is 3. The van der Waals surface area contributed by atoms with Gasteiger partial charge in [0.2, 0.25) is 0 Å². The van der Waals surface area contributed by atoms with Gasteiger partial charge in [-0.25, -0.2) is 9.78 Å². The van der Waals surface area contributed by atoms with Crippen molar-refractivity contribution in [3.63, 3.8) is 0 Å². The highest BCUT2D eigenvalue weighted by atomic mass is 35.5. The van der Waals surface area contributed by atoms with Gasteiger partial charge in [-0.05, 0) is 12.1 Å². The molecule has 0 atom stereocenters. The number of Topliss-reactive ketones (excluding diaryl/α,β-unsaturated/α-hetero) is 1. The lowest BCUT2D eigenvalue weighted by Crippen LogP contribution is -2.00. The zero-order valence-electron chi connectivity index (χ0n) is 7.94. The minimum Gasteiger partial charge on any atom is -0.474 e. The van der Waals surface area contributed by atoms with Crippen LogP contribution in [0, 0.1) is 0 Å². The van der Waals surface area contributed by atoms with Crippen molar-refractivity contribution in [3.05, 3.63) is 29.7 Å². The summed E-state index contributed by atoms with van der Waals surface area (Å²) in [6, 6.07) is 4.68. The number of aromatic nitrogens is 1. The first kappa shape index (κ1) is 10.6. The van der Waals surface area contributed by atoms with E-state index in [-0.39, 0.29) is 22.8 Å². The second kappa shape index (κ2) is 3.94. The molecule has 0 radical (unpaired) electrons. The molecule has 0 unspecified atom stereocenters. The average Bonchev–Trinajstić information content (AvgIpc) is 2.71. The lowest BCUT2D eigenvalue weighted by Gasteiger charge is -1.95. The molecule has 16 heavy (non-hydrogen) atoms. The summed E-state index contributed by atoms with van der Waals surface area (Å²) in [7, 11) is 0. The zero-order chi connectivity index (χ0) is 11.7. The van der Waals surface area contributed by atoms with Crippen molar-refractivity contribution < 1.29 is 19.1 Å². The molecule has 82 valence electrons. The lowest BCUT2D eigenvalue weighted by atomic mass is 10.1. The summed E-state index contributed by atoms with van der Waals surface area (Å²) in [6.45, 7) is 0. The summed E-state index contributed by atoms with van der Waals surface area (Å²) in [5, 5.41) is 8.71. The smallest absolute Gasteiger partial charge is 0.392 e. The van der Waals surface area contributed by atoms with Gasteiger partial charge in [-0.15, -0.1) is 11.6 Å². The normalized spacial score (nSPS) is 10.6. The molecule has 1 aromatic carbocycles. The van der Waals surface area contributed by atoms with E-state index in [1.807, 2.05) is 0 Å². The number of aromatic carboxylic acids is 1. The Balaban J connectivity index is 2.67. The number of fused-ring (bicyclic) bond motifs is 1. The first-order chi connectivity index (χ1) is 7.63. The zero-order valence-corrected chi connectivity index (χ0v) is 8.69. The number of hydrogen-bond donors (Lipinski definition) is 1. The third-order valence-corrected chi connectivity index (χ3v) is 2.26. The number of carboxylic acid groups (broad SMARTS) is 1. The summed E-state index contributed by atoms with van der Waals surface area (Å²) >= 11 is 5.43. The number of alkyl halides is 1. The molecule has 0 aliphatic rings. The number of hydrogen-bond acceptors (Lipinski definition) is 4. The fourth-order valence-corrected chi connectivity index (χ4v) is 1.48. The van der Waals surface area contributed by atoms with Gasteiger partial charge in [0, 0.05) is 0 Å². The number of para-hydroxylation sites is 1. The lowest BCUT2D eigenvalue weighted by molar-refractivity contribution is 0.0655. The minimum absolute atomic E-state index is 0.158. The fraction of sp³-hybridized carbons (Fsp3) is 0.100. The van der Waals surface area contributed by atoms with E-state index >= 15 is 0 Å². The molecule has 0 aliphatic carbocycles. The molecule has 0 amide bonds. The highest BCUT2D eigenvalue weighted by molar-refractivity contribution is 6.31. The first-order valence-corrected chi connectivity index (χ1v) is 4.89. The van der Waals surface area contributed by atoms with Crippen LogP contribution in [-0.2, 0) is 0 Å². The standard InChI is InChI=1S/C10H6ClNO4/c11-4-7(13)5-2-1-3-6-8(5)16-9(12-6)10(14)15/h1-3H,4H2,(H,14,15). The van der Waals surface area contributed by atoms with Crippen LogP contribution in [0.3, 0.4) is 0 Å². The van der Waals surface area contributed by atoms with Gasteiger partial charge in [-0.2, -0.15) is 0 Å². The Labute approximate surface area is 94.6 Å². The SMILES string of the molecule is O=C(O)c1nc2cccc(C(=O)CCl)c2o1. The van der Waals surface area contributed by atoms with E-state index in [4.69, 9.17) is 21.1 Å². The maximum absolute atomic E-state index is 11.4. The Kier molecular flexibility index (Phi) is 2.62. The van der Waals surface area contributed by atoms with Crippen LogP contribution in [0.4, 0.5) is 0 Å². The molecule has 1 N–H and O–H groups in total. The molecular weight excluding hydrogens is 234 g/mol. The Morgan fingerprint density at radius 2 is 2.19 bits per heavy atom. The topological polar surface area (TPSA) is 80.4 Å². The Morgan fingerprint density at radius 1 is 1.44 bits per heavy atom. The summed E-state index contributed by atoms with van der Waals surface area (Å²) in [6.07, 6.45) is 0. The first-order valence-electron chi connectivity index (χ1n) is 4.35. The number of carbonyl (C=O) groups excluding carboxylic acids is 1. The number of benzene rings is 1. The molecule has 1 aromatic heterocycles. The van der Waals surface area contributed by atoms with E-state index < -0.39 is 11.9 Å². The van der Waals surface area contributed by atoms with E-state index in [2.05, 4.69) is 4.98 Å². The van der Waals surface area contributed by atoms with Crippen molar-refractivity contribution in [2.45, 2.75) is 0 Å². The molecule has 2 rings (SSSR count). The number of ketones is 1. The summed E-state index contributed by atoms with van der Waals surface area (Å²) in [5.41, 5.74) is 0.728. The third-order valence-electron chi connectivity index (χ3n) is 2.02. The molecule has 1 heterocycles. The van der Waals surface area contributed by atoms with Crippen LogP contribution < -0.4 is 0 Å². The minimum atomic E-state index is -1.28. The highest BCUT2D eigenvalue weighted by Crippen LogP contribution is 2.20. The predicted molar refractivity (Wildman–Crippen MR) is 56.0 cm³/mol. The molecule has 0 saturated carbocycles. The van der Waals surface area contributed by atoms with Crippen LogP contribution in [0.2, 0.25) is 0 Å². The van der Waals surface area contributed by atoms with Crippen molar-refractivity contribution in [1.82, 2.24) is 4.98 Å². The molecule has 0 bridgehead atoms. The van der Waals surface area contributed by atoms with Crippen molar-refractivity contribution >= 4 is 34.5 Å². The van der Waals surface area contributed by atoms with Gasteiger partial charge in [-0.3, -0.25) is 4.79 Å². The van der Waals surface area contributed by atoms with Crippen LogP contribution in [-0.4, -0.2) is 27.7 Å². The summed E-state index contributed by atoms with van der Waals surface area (Å²) in [4.78, 5) is 25.8. The van der Waals surface area contributed by atoms with Crippen molar-refractivity contribution in [1.29, 1.82) is 0 Å². The van der Waals surface area contributed by atoms with E-state index in [0.29, 0.717) is 5.52 Å². The molecule has 5 nitrogen and oxygen atoms in total. The van der Waals surface area contributed by atoms with Gasteiger partial charge in [0.15, 0.2) is 11.4 Å². The maximum Gasteiger partial charge on any atom is 0.392 e. The Morgan fingerprint density at radius 3 is 2.81 bits per heavy atom. The molecule has 2 aromatic rings. The monoisotopic (exact) mass is 239 g/mol. The molecule has 0 fully saturated rings. The molecule has 0 spiro atoms. The van der Waals surface area contributed by atoms with Crippen LogP contribution in [0.15, 0.2) is 22.6 Å². The predicted octanol–water partition coefficient (Wildman–Crippen LogP) is 1.95. The van der Waals surface area contributed by atoms with Gasteiger partial charge in [0.05, 0.1) is 11.4 Å². The Bertz CT molecular complexity index is 575. The van der Waals surface area contributed by atoms with Crippen molar-refractivity contribution in [3.8, 4) is 0 Å². The maximum atomic E-state index is 11.4. The van der Waals surface area contributed by atoms with E-state index in [0.717, 1.165) is 0 Å². The summed E-state index contributed by atoms with van der Waals surface area (Å²) < 4.78 is 4.99. The largest absolute Gasteiger partial charge is 0.474 e. The second-order valence-electron chi connectivity index (χ2n) is 3.03. The Hall–Kier alpha value is -1.88. The second-order valence-corrected chi connectivity index (χ2v) is 3.30. The van der Waals surface area contributed by atoms with Gasteiger partial charge in [-0.1, -0.05) is 6.07 Å². The summed E-state index contributed by atoms with van der Waals surface area (Å²) in [5.74, 6) is -2.24. The average molecular weight is 240 g/mol. The highest BCUT2D eigenvalue weighted by Gasteiger charge is 2.17. The van der Waals surface area contributed by atoms with E-state index in [1.54, 1.807) is 12.1 Å². The molecule has 0 aliphatic heterocycles. The van der Waals surface area contributed by atoms with Gasteiger partial charge in [0.25, 0.3) is 0 Å². The quantitative estimate of drug-likeness (QED) is 0.654. The van der Waals surface area contributed by atoms with Crippen molar-refractivity contribution in [2.24, 2.45) is 0 Å². The van der Waals surface area contributed by atoms with Crippen molar-refractivity contribution in [2.75, 3.05) is 5.88 Å². The van der Waals surface area contributed by atoms with E-state index in [9.17, 15) is 9.59 Å². The number of carbonyl (C=O) groups is 2. The number of nitrogens with zero attached hydrogens (tertiary/aromatic N) is 1. The number of oxazole rings is 1. The van der Waals surface area contributed by atoms with Crippen LogP contribution >= 0.6 is 11.6 Å². The third kappa shape index (κ3) is 1.65. The number of halogens is 1. The van der Waals surface area contributed by atoms with Crippen LogP contribution in [0.5, 0.6) is 0 Å². The van der Waals surface area contributed by atoms with E-state index in [1.165, 1.54) is 6.07 Å². The molecule has 6 heteroatoms. The molecular formula is C10H6ClNO4. The van der Waals surface area contributed by atoms with Crippen LogP contribution in [0.1, 0.15) is 21.0 Å². The number of carboxylic acids is 1. The van der Waals surface area contributed by atoms with Gasteiger partial charge < -0.3 is 9.52 Å². The van der Waals surface area contributed by atoms with Crippen LogP contribution in [0.25, 0.3) is 11.1 Å². The van der Waals surface area contributed by atoms with Gasteiger partial charge in [0.1, 0.15) is 5.52 Å².